The summed E-state index contributed by atoms with van der Waals surface area (Å²) < 4.78 is 0. The Morgan fingerprint density at radius 2 is 2.27 bits per heavy atom. The number of likely N-dealkylation sites (tertiary alicyclic amines) is 1. The van der Waals surface area contributed by atoms with Gasteiger partial charge in [0.05, 0.1) is 17.4 Å². The summed E-state index contributed by atoms with van der Waals surface area (Å²) in [4.78, 5) is 14.3. The number of hydrogen-bond acceptors (Lipinski definition) is 4. The fraction of sp³-hybridized carbons (Fsp3) is 0.529. The first-order valence-corrected chi connectivity index (χ1v) is 7.83. The number of aliphatic hydroxyl groups excluding tert-OH is 1. The van der Waals surface area contributed by atoms with Crippen LogP contribution in [-0.4, -0.2) is 41.1 Å². The van der Waals surface area contributed by atoms with Crippen LogP contribution in [0.5, 0.6) is 0 Å². The summed E-state index contributed by atoms with van der Waals surface area (Å²) in [5, 5.41) is 21.7. The Labute approximate surface area is 131 Å². The molecule has 5 heteroatoms. The lowest BCUT2D eigenvalue weighted by Gasteiger charge is -2.37. The molecular formula is C17H23N3O2. The SMILES string of the molecule is CC(O)C1CCCCN1CCC(=O)Nc1ccccc1C#N. The molecule has 1 amide bonds. The Balaban J connectivity index is 1.88. The predicted molar refractivity (Wildman–Crippen MR) is 85.3 cm³/mol. The van der Waals surface area contributed by atoms with Gasteiger partial charge in [0.15, 0.2) is 0 Å². The molecule has 1 aromatic carbocycles. The first-order valence-electron chi connectivity index (χ1n) is 7.83. The van der Waals surface area contributed by atoms with Crippen molar-refractivity contribution in [1.82, 2.24) is 4.90 Å². The van der Waals surface area contributed by atoms with E-state index < -0.39 is 0 Å². The summed E-state index contributed by atoms with van der Waals surface area (Å²) in [5.41, 5.74) is 1.02. The molecule has 1 saturated heterocycles. The molecule has 0 saturated carbocycles. The van der Waals surface area contributed by atoms with E-state index in [4.69, 9.17) is 5.26 Å². The number of benzene rings is 1. The van der Waals surface area contributed by atoms with Gasteiger partial charge in [0.25, 0.3) is 0 Å². The van der Waals surface area contributed by atoms with Crippen LogP contribution in [0, 0.1) is 11.3 Å². The second kappa shape index (κ2) is 7.92. The molecule has 2 atom stereocenters. The van der Waals surface area contributed by atoms with Gasteiger partial charge in [0.2, 0.25) is 5.91 Å². The second-order valence-corrected chi connectivity index (χ2v) is 5.80. The molecule has 0 aromatic heterocycles. The highest BCUT2D eigenvalue weighted by atomic mass is 16.3. The number of amides is 1. The average molecular weight is 301 g/mol. The average Bonchev–Trinajstić information content (AvgIpc) is 2.53. The van der Waals surface area contributed by atoms with Crippen LogP contribution in [0.25, 0.3) is 0 Å². The minimum absolute atomic E-state index is 0.0994. The third-order valence-corrected chi connectivity index (χ3v) is 4.17. The number of piperidine rings is 1. The molecule has 2 unspecified atom stereocenters. The van der Waals surface area contributed by atoms with Crippen LogP contribution >= 0.6 is 0 Å². The molecule has 0 aliphatic carbocycles. The zero-order valence-electron chi connectivity index (χ0n) is 13.0. The molecule has 0 radical (unpaired) electrons. The van der Waals surface area contributed by atoms with E-state index >= 15 is 0 Å². The Bertz CT molecular complexity index is 551. The molecule has 118 valence electrons. The molecule has 2 N–H and O–H groups in total. The van der Waals surface area contributed by atoms with Crippen molar-refractivity contribution in [3.8, 4) is 6.07 Å². The second-order valence-electron chi connectivity index (χ2n) is 5.80. The fourth-order valence-electron chi connectivity index (χ4n) is 2.99. The highest BCUT2D eigenvalue weighted by Crippen LogP contribution is 2.20. The van der Waals surface area contributed by atoms with Crippen LogP contribution in [0.2, 0.25) is 0 Å². The summed E-state index contributed by atoms with van der Waals surface area (Å²) in [6.07, 6.45) is 3.22. The number of carbonyl (C=O) groups is 1. The number of nitrogens with zero attached hydrogens (tertiary/aromatic N) is 2. The van der Waals surface area contributed by atoms with Crippen LogP contribution < -0.4 is 5.32 Å². The lowest BCUT2D eigenvalue weighted by atomic mass is 9.98. The molecule has 22 heavy (non-hydrogen) atoms. The van der Waals surface area contributed by atoms with Gasteiger partial charge in [-0.15, -0.1) is 0 Å². The minimum Gasteiger partial charge on any atom is -0.392 e. The highest BCUT2D eigenvalue weighted by molar-refractivity contribution is 5.92. The number of rotatable bonds is 5. The van der Waals surface area contributed by atoms with E-state index in [9.17, 15) is 9.90 Å². The zero-order chi connectivity index (χ0) is 15.9. The van der Waals surface area contributed by atoms with E-state index in [1.165, 1.54) is 0 Å². The third-order valence-electron chi connectivity index (χ3n) is 4.17. The maximum absolute atomic E-state index is 12.1. The monoisotopic (exact) mass is 301 g/mol. The maximum Gasteiger partial charge on any atom is 0.225 e. The number of nitriles is 1. The van der Waals surface area contributed by atoms with Crippen LogP contribution in [0.15, 0.2) is 24.3 Å². The molecule has 1 heterocycles. The smallest absolute Gasteiger partial charge is 0.225 e. The third kappa shape index (κ3) is 4.30. The van der Waals surface area contributed by atoms with Gasteiger partial charge in [-0.1, -0.05) is 18.6 Å². The van der Waals surface area contributed by atoms with Gasteiger partial charge >= 0.3 is 0 Å². The van der Waals surface area contributed by atoms with E-state index in [1.807, 2.05) is 6.92 Å². The number of aliphatic hydroxyl groups is 1. The van der Waals surface area contributed by atoms with Gasteiger partial charge in [-0.3, -0.25) is 9.69 Å². The van der Waals surface area contributed by atoms with Crippen LogP contribution in [0.4, 0.5) is 5.69 Å². The van der Waals surface area contributed by atoms with E-state index in [-0.39, 0.29) is 18.1 Å². The standard InChI is InChI=1S/C17H23N3O2/c1-13(21)16-8-4-5-10-20(16)11-9-17(22)19-15-7-3-2-6-14(15)12-18/h2-3,6-7,13,16,21H,4-5,8-11H2,1H3,(H,19,22). The van der Waals surface area contributed by atoms with Crippen molar-refractivity contribution < 1.29 is 9.90 Å². The summed E-state index contributed by atoms with van der Waals surface area (Å²) in [5.74, 6) is -0.0994. The van der Waals surface area contributed by atoms with Crippen molar-refractivity contribution in [2.75, 3.05) is 18.4 Å². The Morgan fingerprint density at radius 1 is 1.50 bits per heavy atom. The molecule has 1 fully saturated rings. The molecular weight excluding hydrogens is 278 g/mol. The summed E-state index contributed by atoms with van der Waals surface area (Å²) in [7, 11) is 0. The van der Waals surface area contributed by atoms with Crippen molar-refractivity contribution in [3.63, 3.8) is 0 Å². The molecule has 1 aromatic rings. The van der Waals surface area contributed by atoms with Crippen molar-refractivity contribution >= 4 is 11.6 Å². The van der Waals surface area contributed by atoms with Crippen LogP contribution in [0.3, 0.4) is 0 Å². The molecule has 1 aliphatic heterocycles. The van der Waals surface area contributed by atoms with E-state index in [2.05, 4.69) is 16.3 Å². The van der Waals surface area contributed by atoms with Gasteiger partial charge in [0.1, 0.15) is 6.07 Å². The summed E-state index contributed by atoms with van der Waals surface area (Å²) in [6, 6.07) is 9.20. The molecule has 5 nitrogen and oxygen atoms in total. The van der Waals surface area contributed by atoms with E-state index in [0.717, 1.165) is 25.8 Å². The van der Waals surface area contributed by atoms with Gasteiger partial charge < -0.3 is 10.4 Å². The number of carbonyl (C=O) groups excluding carboxylic acids is 1. The summed E-state index contributed by atoms with van der Waals surface area (Å²) >= 11 is 0. The number of para-hydroxylation sites is 1. The predicted octanol–water partition coefficient (Wildman–Crippen LogP) is 2.12. The molecule has 1 aliphatic rings. The zero-order valence-corrected chi connectivity index (χ0v) is 13.0. The Hall–Kier alpha value is -1.90. The lowest BCUT2D eigenvalue weighted by Crippen LogP contribution is -2.46. The molecule has 0 spiro atoms. The number of nitrogens with one attached hydrogen (secondary N) is 1. The van der Waals surface area contributed by atoms with Crippen molar-refractivity contribution in [2.24, 2.45) is 0 Å². The fourth-order valence-corrected chi connectivity index (χ4v) is 2.99. The lowest BCUT2D eigenvalue weighted by molar-refractivity contribution is -0.116. The van der Waals surface area contributed by atoms with Gasteiger partial charge in [-0.05, 0) is 38.4 Å². The maximum atomic E-state index is 12.1. The van der Waals surface area contributed by atoms with Gasteiger partial charge in [-0.25, -0.2) is 0 Å². The first kappa shape index (κ1) is 16.5. The molecule has 0 bridgehead atoms. The topological polar surface area (TPSA) is 76.4 Å². The van der Waals surface area contributed by atoms with Crippen LogP contribution in [-0.2, 0) is 4.79 Å². The van der Waals surface area contributed by atoms with Crippen molar-refractivity contribution in [2.45, 2.75) is 44.8 Å². The first-order chi connectivity index (χ1) is 10.6. The molecule has 2 rings (SSSR count). The quantitative estimate of drug-likeness (QED) is 0.873. The van der Waals surface area contributed by atoms with E-state index in [1.54, 1.807) is 24.3 Å². The van der Waals surface area contributed by atoms with Gasteiger partial charge in [-0.2, -0.15) is 5.26 Å². The largest absolute Gasteiger partial charge is 0.392 e. The number of hydrogen-bond donors (Lipinski definition) is 2. The minimum atomic E-state index is -0.373. The van der Waals surface area contributed by atoms with Crippen molar-refractivity contribution in [3.05, 3.63) is 29.8 Å². The Kier molecular flexibility index (Phi) is 5.93. The highest BCUT2D eigenvalue weighted by Gasteiger charge is 2.26. The normalized spacial score (nSPS) is 20.1. The van der Waals surface area contributed by atoms with E-state index in [0.29, 0.717) is 24.2 Å². The number of anilines is 1. The van der Waals surface area contributed by atoms with Gasteiger partial charge in [0, 0.05) is 19.0 Å². The van der Waals surface area contributed by atoms with Crippen LogP contribution in [0.1, 0.15) is 38.2 Å². The Morgan fingerprint density at radius 3 is 3.00 bits per heavy atom. The van der Waals surface area contributed by atoms with Crippen molar-refractivity contribution in [1.29, 1.82) is 5.26 Å². The summed E-state index contributed by atoms with van der Waals surface area (Å²) in [6.45, 7) is 3.37.